The molecule has 0 rings (SSSR count). The van der Waals surface area contributed by atoms with Crippen LogP contribution in [0.5, 0.6) is 0 Å². The van der Waals surface area contributed by atoms with E-state index < -0.39 is 18.8 Å². The fourth-order valence-corrected chi connectivity index (χ4v) is 0.991. The summed E-state index contributed by atoms with van der Waals surface area (Å²) in [5, 5.41) is 0. The molecule has 0 heterocycles. The zero-order valence-electron chi connectivity index (χ0n) is 8.84. The van der Waals surface area contributed by atoms with E-state index in [0.29, 0.717) is 11.4 Å². The second-order valence-electron chi connectivity index (χ2n) is 3.12. The van der Waals surface area contributed by atoms with Gasteiger partial charge in [-0.2, -0.15) is 13.2 Å². The van der Waals surface area contributed by atoms with Gasteiger partial charge >= 0.3 is 12.2 Å². The first kappa shape index (κ1) is 14.0. The number of carbonyl (C=O) groups is 1. The predicted octanol–water partition coefficient (Wildman–Crippen LogP) is 0.881. The SMILES string of the molecule is CCN(C)C(=O)N(CCN)CC(F)(F)F. The van der Waals surface area contributed by atoms with Crippen LogP contribution in [0.1, 0.15) is 6.92 Å². The molecule has 0 spiro atoms. The monoisotopic (exact) mass is 227 g/mol. The van der Waals surface area contributed by atoms with Gasteiger partial charge in [0, 0.05) is 26.7 Å². The van der Waals surface area contributed by atoms with Gasteiger partial charge in [-0.3, -0.25) is 0 Å². The number of alkyl halides is 3. The Morgan fingerprint density at radius 2 is 1.93 bits per heavy atom. The molecule has 2 N–H and O–H groups in total. The first-order valence-electron chi connectivity index (χ1n) is 4.58. The van der Waals surface area contributed by atoms with Gasteiger partial charge in [-0.1, -0.05) is 0 Å². The number of hydrogen-bond acceptors (Lipinski definition) is 2. The van der Waals surface area contributed by atoms with Gasteiger partial charge in [-0.05, 0) is 6.92 Å². The van der Waals surface area contributed by atoms with Crippen molar-refractivity contribution < 1.29 is 18.0 Å². The maximum Gasteiger partial charge on any atom is 0.406 e. The van der Waals surface area contributed by atoms with E-state index in [2.05, 4.69) is 0 Å². The van der Waals surface area contributed by atoms with Crippen LogP contribution in [-0.4, -0.2) is 55.2 Å². The van der Waals surface area contributed by atoms with Gasteiger partial charge in [0.2, 0.25) is 0 Å². The van der Waals surface area contributed by atoms with Crippen LogP contribution < -0.4 is 5.73 Å². The molecule has 0 saturated heterocycles. The standard InChI is InChI=1S/C8H16F3N3O/c1-3-13(2)7(15)14(5-4-12)6-8(9,10)11/h3-6,12H2,1-2H3. The molecule has 0 aliphatic heterocycles. The minimum absolute atomic E-state index is 0.0133. The Balaban J connectivity index is 4.45. The smallest absolute Gasteiger partial charge is 0.329 e. The third-order valence-electron chi connectivity index (χ3n) is 1.84. The van der Waals surface area contributed by atoms with Gasteiger partial charge in [0.25, 0.3) is 0 Å². The van der Waals surface area contributed by atoms with E-state index >= 15 is 0 Å². The zero-order chi connectivity index (χ0) is 12.1. The number of nitrogens with zero attached hydrogens (tertiary/aromatic N) is 2. The zero-order valence-corrected chi connectivity index (χ0v) is 8.84. The summed E-state index contributed by atoms with van der Waals surface area (Å²) in [6.07, 6.45) is -4.39. The second kappa shape index (κ2) is 5.79. The van der Waals surface area contributed by atoms with E-state index in [9.17, 15) is 18.0 Å². The molecule has 2 amide bonds. The van der Waals surface area contributed by atoms with E-state index in [1.54, 1.807) is 6.92 Å². The van der Waals surface area contributed by atoms with Gasteiger partial charge in [-0.25, -0.2) is 4.79 Å². The van der Waals surface area contributed by atoms with E-state index in [4.69, 9.17) is 5.73 Å². The second-order valence-corrected chi connectivity index (χ2v) is 3.12. The van der Waals surface area contributed by atoms with Crippen LogP contribution >= 0.6 is 0 Å². The van der Waals surface area contributed by atoms with Gasteiger partial charge in [0.15, 0.2) is 0 Å². The van der Waals surface area contributed by atoms with Crippen LogP contribution in [0.25, 0.3) is 0 Å². The lowest BCUT2D eigenvalue weighted by molar-refractivity contribution is -0.140. The quantitative estimate of drug-likeness (QED) is 0.775. The average molecular weight is 227 g/mol. The van der Waals surface area contributed by atoms with Crippen LogP contribution in [-0.2, 0) is 0 Å². The van der Waals surface area contributed by atoms with E-state index in [1.165, 1.54) is 11.9 Å². The minimum atomic E-state index is -4.39. The highest BCUT2D eigenvalue weighted by molar-refractivity contribution is 5.74. The van der Waals surface area contributed by atoms with Crippen molar-refractivity contribution in [3.05, 3.63) is 0 Å². The van der Waals surface area contributed by atoms with Crippen LogP contribution in [0, 0.1) is 0 Å². The summed E-state index contributed by atoms with van der Waals surface area (Å²) in [6, 6.07) is -0.653. The van der Waals surface area contributed by atoms with Crippen LogP contribution in [0.3, 0.4) is 0 Å². The molecular formula is C8H16F3N3O. The maximum atomic E-state index is 12.1. The third-order valence-corrected chi connectivity index (χ3v) is 1.84. The van der Waals surface area contributed by atoms with Crippen LogP contribution in [0.4, 0.5) is 18.0 Å². The first-order chi connectivity index (χ1) is 6.81. The lowest BCUT2D eigenvalue weighted by Gasteiger charge is -2.27. The number of urea groups is 1. The Labute approximate surface area is 86.8 Å². The van der Waals surface area contributed by atoms with Crippen molar-refractivity contribution in [1.82, 2.24) is 9.80 Å². The van der Waals surface area contributed by atoms with E-state index in [0.717, 1.165) is 0 Å². The number of amides is 2. The van der Waals surface area contributed by atoms with Crippen molar-refractivity contribution in [3.8, 4) is 0 Å². The van der Waals surface area contributed by atoms with Gasteiger partial charge in [0.05, 0.1) is 0 Å². The molecule has 90 valence electrons. The highest BCUT2D eigenvalue weighted by atomic mass is 19.4. The topological polar surface area (TPSA) is 49.6 Å². The largest absolute Gasteiger partial charge is 0.406 e. The predicted molar refractivity (Wildman–Crippen MR) is 50.4 cm³/mol. The molecule has 15 heavy (non-hydrogen) atoms. The molecule has 0 aliphatic rings. The molecule has 0 fully saturated rings. The molecule has 4 nitrogen and oxygen atoms in total. The average Bonchev–Trinajstić information content (AvgIpc) is 2.13. The number of carbonyl (C=O) groups excluding carboxylic acids is 1. The molecule has 0 saturated carbocycles. The Bertz CT molecular complexity index is 208. The highest BCUT2D eigenvalue weighted by Crippen LogP contribution is 2.16. The van der Waals surface area contributed by atoms with Crippen molar-refractivity contribution in [2.75, 3.05) is 33.2 Å². The summed E-state index contributed by atoms with van der Waals surface area (Å²) >= 11 is 0. The lowest BCUT2D eigenvalue weighted by atomic mass is 10.4. The Morgan fingerprint density at radius 3 is 2.27 bits per heavy atom. The lowest BCUT2D eigenvalue weighted by Crippen LogP contribution is -2.47. The molecule has 0 aromatic heterocycles. The summed E-state index contributed by atoms with van der Waals surface area (Å²) in [7, 11) is 1.45. The van der Waals surface area contributed by atoms with Crippen molar-refractivity contribution in [3.63, 3.8) is 0 Å². The summed E-state index contributed by atoms with van der Waals surface area (Å²) in [4.78, 5) is 13.3. The molecule has 0 aromatic carbocycles. The van der Waals surface area contributed by atoms with Crippen LogP contribution in [0.2, 0.25) is 0 Å². The summed E-state index contributed by atoms with van der Waals surface area (Å²) in [5.41, 5.74) is 5.15. The minimum Gasteiger partial charge on any atom is -0.329 e. The molecule has 0 radical (unpaired) electrons. The van der Waals surface area contributed by atoms with Crippen LogP contribution in [0.15, 0.2) is 0 Å². The summed E-state index contributed by atoms with van der Waals surface area (Å²) < 4.78 is 36.3. The van der Waals surface area contributed by atoms with Gasteiger partial charge < -0.3 is 15.5 Å². The number of rotatable bonds is 4. The normalized spacial score (nSPS) is 11.3. The van der Waals surface area contributed by atoms with Crippen molar-refractivity contribution in [2.45, 2.75) is 13.1 Å². The first-order valence-corrected chi connectivity index (χ1v) is 4.58. The number of halogens is 3. The maximum absolute atomic E-state index is 12.1. The van der Waals surface area contributed by atoms with Crippen molar-refractivity contribution >= 4 is 6.03 Å². The molecule has 0 atom stereocenters. The Hall–Kier alpha value is -0.980. The fourth-order valence-electron chi connectivity index (χ4n) is 0.991. The Morgan fingerprint density at radius 1 is 1.40 bits per heavy atom. The number of nitrogens with two attached hydrogens (primary N) is 1. The molecule has 0 aromatic rings. The van der Waals surface area contributed by atoms with E-state index in [1.807, 2.05) is 0 Å². The fraction of sp³-hybridized carbons (Fsp3) is 0.875. The van der Waals surface area contributed by atoms with Gasteiger partial charge in [-0.15, -0.1) is 0 Å². The Kier molecular flexibility index (Phi) is 5.41. The molecule has 0 unspecified atom stereocenters. The van der Waals surface area contributed by atoms with Gasteiger partial charge in [0.1, 0.15) is 6.54 Å². The van der Waals surface area contributed by atoms with Crippen molar-refractivity contribution in [1.29, 1.82) is 0 Å². The summed E-state index contributed by atoms with van der Waals surface area (Å²) in [5.74, 6) is 0. The third kappa shape index (κ3) is 5.46. The highest BCUT2D eigenvalue weighted by Gasteiger charge is 2.33. The number of hydrogen-bond donors (Lipinski definition) is 1. The molecule has 0 bridgehead atoms. The summed E-state index contributed by atoms with van der Waals surface area (Å²) in [6.45, 7) is 0.708. The molecule has 0 aliphatic carbocycles. The molecule has 7 heteroatoms. The van der Waals surface area contributed by atoms with Crippen molar-refractivity contribution in [2.24, 2.45) is 5.73 Å². The molecular weight excluding hydrogens is 211 g/mol. The van der Waals surface area contributed by atoms with E-state index in [-0.39, 0.29) is 13.1 Å².